The quantitative estimate of drug-likeness (QED) is 0.163. The zero-order valence-electron chi connectivity index (χ0n) is 18.2. The van der Waals surface area contributed by atoms with Gasteiger partial charge in [0, 0.05) is 18.0 Å². The number of hydrogen-bond donors (Lipinski definition) is 2. The lowest BCUT2D eigenvalue weighted by molar-refractivity contribution is 0.212. The first-order valence-corrected chi connectivity index (χ1v) is 10.2. The van der Waals surface area contributed by atoms with Crippen LogP contribution in [-0.4, -0.2) is 30.3 Å². The number of para-hydroxylation sites is 1. The number of benzene rings is 2. The Morgan fingerprint density at radius 1 is 0.938 bits per heavy atom. The molecule has 3 N–H and O–H groups in total. The van der Waals surface area contributed by atoms with Gasteiger partial charge in [-0.2, -0.15) is 0 Å². The lowest BCUT2D eigenvalue weighted by atomic mass is 10.3. The second-order valence-corrected chi connectivity index (χ2v) is 7.03. The Morgan fingerprint density at radius 3 is 2.31 bits per heavy atom. The maximum atomic E-state index is 5.98. The summed E-state index contributed by atoms with van der Waals surface area (Å²) >= 11 is 0. The third kappa shape index (κ3) is 9.01. The smallest absolute Gasteiger partial charge is 0.213 e. The summed E-state index contributed by atoms with van der Waals surface area (Å²) in [6.45, 7) is 5.26. The monoisotopic (exact) mass is 548 g/mol. The van der Waals surface area contributed by atoms with Crippen LogP contribution in [0.3, 0.4) is 0 Å². The first-order chi connectivity index (χ1) is 15.1. The van der Waals surface area contributed by atoms with Gasteiger partial charge < -0.3 is 25.3 Å². The van der Waals surface area contributed by atoms with Crippen molar-refractivity contribution in [3.8, 4) is 17.4 Å². The number of guanidine groups is 1. The van der Waals surface area contributed by atoms with Gasteiger partial charge in [0.25, 0.3) is 0 Å². The molecule has 0 aliphatic carbocycles. The molecule has 0 saturated heterocycles. The highest BCUT2D eigenvalue weighted by Gasteiger charge is 2.01. The van der Waals surface area contributed by atoms with Gasteiger partial charge in [-0.3, -0.25) is 0 Å². The van der Waals surface area contributed by atoms with Crippen molar-refractivity contribution in [2.24, 2.45) is 10.7 Å². The number of ether oxygens (including phenoxy) is 3. The summed E-state index contributed by atoms with van der Waals surface area (Å²) in [5, 5.41) is 3.07. The number of rotatable bonds is 10. The molecule has 0 fully saturated rings. The fourth-order valence-electron chi connectivity index (χ4n) is 2.67. The number of nitrogens with zero attached hydrogens (tertiary/aromatic N) is 2. The van der Waals surface area contributed by atoms with E-state index in [-0.39, 0.29) is 30.1 Å². The molecule has 0 radical (unpaired) electrons. The number of halogens is 1. The first kappa shape index (κ1) is 25.3. The Kier molecular flexibility index (Phi) is 10.6. The van der Waals surface area contributed by atoms with E-state index in [9.17, 15) is 0 Å². The molecule has 3 rings (SSSR count). The second-order valence-electron chi connectivity index (χ2n) is 7.03. The minimum Gasteiger partial charge on any atom is -0.491 e. The molecule has 0 atom stereocenters. The van der Waals surface area contributed by atoms with Crippen LogP contribution in [0.2, 0.25) is 0 Å². The van der Waals surface area contributed by atoms with Crippen LogP contribution < -0.4 is 25.3 Å². The van der Waals surface area contributed by atoms with E-state index in [1.54, 1.807) is 6.20 Å². The van der Waals surface area contributed by atoms with Gasteiger partial charge in [0.05, 0.1) is 12.6 Å². The Labute approximate surface area is 206 Å². The van der Waals surface area contributed by atoms with E-state index in [2.05, 4.69) is 15.3 Å². The molecular formula is C24H29IN4O3. The summed E-state index contributed by atoms with van der Waals surface area (Å²) in [5.74, 6) is 2.50. The van der Waals surface area contributed by atoms with Crippen LogP contribution in [0.15, 0.2) is 77.9 Å². The maximum absolute atomic E-state index is 5.98. The lowest BCUT2D eigenvalue weighted by Gasteiger charge is -2.11. The molecule has 0 bridgehead atoms. The van der Waals surface area contributed by atoms with Crippen molar-refractivity contribution in [3.63, 3.8) is 0 Å². The van der Waals surface area contributed by atoms with Crippen molar-refractivity contribution >= 4 is 35.6 Å². The van der Waals surface area contributed by atoms with Crippen LogP contribution >= 0.6 is 24.0 Å². The molecule has 0 amide bonds. The highest BCUT2D eigenvalue weighted by atomic mass is 127. The Bertz CT molecular complexity index is 949. The largest absolute Gasteiger partial charge is 0.491 e. The minimum absolute atomic E-state index is 0. The molecule has 0 saturated carbocycles. The van der Waals surface area contributed by atoms with Gasteiger partial charge in [-0.15, -0.1) is 24.0 Å². The van der Waals surface area contributed by atoms with Gasteiger partial charge in [-0.05, 0) is 55.8 Å². The molecule has 32 heavy (non-hydrogen) atoms. The average Bonchev–Trinajstić information content (AvgIpc) is 2.78. The summed E-state index contributed by atoms with van der Waals surface area (Å²) < 4.78 is 16.8. The number of aromatic nitrogens is 1. The van der Waals surface area contributed by atoms with Crippen LogP contribution in [0.1, 0.15) is 19.4 Å². The van der Waals surface area contributed by atoms with E-state index in [1.165, 1.54) is 0 Å². The molecule has 0 unspecified atom stereocenters. The van der Waals surface area contributed by atoms with Gasteiger partial charge in [-0.1, -0.05) is 24.3 Å². The van der Waals surface area contributed by atoms with Crippen molar-refractivity contribution in [1.29, 1.82) is 0 Å². The molecule has 0 aliphatic rings. The summed E-state index contributed by atoms with van der Waals surface area (Å²) in [7, 11) is 0. The van der Waals surface area contributed by atoms with E-state index >= 15 is 0 Å². The predicted molar refractivity (Wildman–Crippen MR) is 138 cm³/mol. The first-order valence-electron chi connectivity index (χ1n) is 10.2. The van der Waals surface area contributed by atoms with Crippen molar-refractivity contribution < 1.29 is 14.2 Å². The molecule has 7 nitrogen and oxygen atoms in total. The fourth-order valence-corrected chi connectivity index (χ4v) is 2.67. The van der Waals surface area contributed by atoms with Crippen LogP contribution in [0, 0.1) is 0 Å². The number of anilines is 1. The number of hydrogen-bond acceptors (Lipinski definition) is 5. The van der Waals surface area contributed by atoms with Crippen LogP contribution in [0.4, 0.5) is 5.69 Å². The zero-order valence-corrected chi connectivity index (χ0v) is 20.6. The highest BCUT2D eigenvalue weighted by molar-refractivity contribution is 14.0. The number of nitrogens with one attached hydrogen (secondary N) is 1. The Hall–Kier alpha value is -3.01. The van der Waals surface area contributed by atoms with E-state index in [4.69, 9.17) is 19.9 Å². The summed E-state index contributed by atoms with van der Waals surface area (Å²) in [4.78, 5) is 8.65. The average molecular weight is 548 g/mol. The Balaban J connectivity index is 0.00000363. The standard InChI is InChI=1S/C24H28N4O3.HI/c1-18(2)31-22-11-9-20(10-12-22)28-24(25)27-17-19-8-13-23(26-16-19)30-15-14-29-21-6-4-3-5-7-21;/h3-13,16,18H,14-15,17H2,1-2H3,(H3,25,27,28);1H. The Morgan fingerprint density at radius 2 is 1.66 bits per heavy atom. The van der Waals surface area contributed by atoms with E-state index in [0.29, 0.717) is 31.6 Å². The van der Waals surface area contributed by atoms with Gasteiger partial charge in [0.2, 0.25) is 5.88 Å². The third-order valence-corrected chi connectivity index (χ3v) is 4.07. The van der Waals surface area contributed by atoms with Crippen molar-refractivity contribution in [3.05, 3.63) is 78.5 Å². The minimum atomic E-state index is 0. The van der Waals surface area contributed by atoms with E-state index in [1.807, 2.05) is 80.6 Å². The highest BCUT2D eigenvalue weighted by Crippen LogP contribution is 2.17. The molecule has 0 aliphatic heterocycles. The van der Waals surface area contributed by atoms with E-state index < -0.39 is 0 Å². The number of aliphatic imine (C=N–C) groups is 1. The molecule has 1 aromatic heterocycles. The third-order valence-electron chi connectivity index (χ3n) is 4.07. The van der Waals surface area contributed by atoms with Crippen LogP contribution in [0.25, 0.3) is 0 Å². The SMILES string of the molecule is CC(C)Oc1ccc(NC(N)=NCc2ccc(OCCOc3ccccc3)nc2)cc1.I. The van der Waals surface area contributed by atoms with Gasteiger partial charge >= 0.3 is 0 Å². The number of nitrogens with two attached hydrogens (primary N) is 1. The molecular weight excluding hydrogens is 519 g/mol. The van der Waals surface area contributed by atoms with Crippen molar-refractivity contribution in [2.45, 2.75) is 26.5 Å². The van der Waals surface area contributed by atoms with Gasteiger partial charge in [-0.25, -0.2) is 9.98 Å². The lowest BCUT2D eigenvalue weighted by Crippen LogP contribution is -2.22. The van der Waals surface area contributed by atoms with Crippen molar-refractivity contribution in [2.75, 3.05) is 18.5 Å². The van der Waals surface area contributed by atoms with Gasteiger partial charge in [0.15, 0.2) is 5.96 Å². The molecule has 170 valence electrons. The van der Waals surface area contributed by atoms with Crippen molar-refractivity contribution in [1.82, 2.24) is 4.98 Å². The molecule has 8 heteroatoms. The summed E-state index contributed by atoms with van der Waals surface area (Å²) in [6, 6.07) is 20.9. The number of pyridine rings is 1. The molecule has 0 spiro atoms. The molecule has 2 aromatic carbocycles. The molecule has 3 aromatic rings. The topological polar surface area (TPSA) is 91.0 Å². The maximum Gasteiger partial charge on any atom is 0.213 e. The predicted octanol–water partition coefficient (Wildman–Crippen LogP) is 4.87. The van der Waals surface area contributed by atoms with Gasteiger partial charge in [0.1, 0.15) is 24.7 Å². The zero-order chi connectivity index (χ0) is 21.9. The van der Waals surface area contributed by atoms with Crippen LogP contribution in [-0.2, 0) is 6.54 Å². The second kappa shape index (κ2) is 13.4. The van der Waals surface area contributed by atoms with E-state index in [0.717, 1.165) is 22.7 Å². The normalized spacial score (nSPS) is 10.9. The summed E-state index contributed by atoms with van der Waals surface area (Å²) in [6.07, 6.45) is 1.86. The fraction of sp³-hybridized carbons (Fsp3) is 0.250. The van der Waals surface area contributed by atoms with Crippen LogP contribution in [0.5, 0.6) is 17.4 Å². The summed E-state index contributed by atoms with van der Waals surface area (Å²) in [5.41, 5.74) is 7.75. The molecule has 1 heterocycles.